The van der Waals surface area contributed by atoms with Gasteiger partial charge in [-0.15, -0.1) is 0 Å². The molecule has 0 aliphatic rings. The van der Waals surface area contributed by atoms with Crippen LogP contribution < -0.4 is 14.8 Å². The van der Waals surface area contributed by atoms with Crippen molar-refractivity contribution in [3.8, 4) is 17.2 Å². The van der Waals surface area contributed by atoms with Crippen LogP contribution >= 0.6 is 11.8 Å². The number of hydrogen-bond acceptors (Lipinski definition) is 6. The fraction of sp³-hybridized carbons (Fsp3) is 0.208. The number of nitrogens with zero attached hydrogens (tertiary/aromatic N) is 4. The Morgan fingerprint density at radius 3 is 2.39 bits per heavy atom. The average Bonchev–Trinajstić information content (AvgIpc) is 3.50. The fourth-order valence-electron chi connectivity index (χ4n) is 3.60. The molecule has 0 saturated carbocycles. The quantitative estimate of drug-likeness (QED) is 0.400. The van der Waals surface area contributed by atoms with Gasteiger partial charge in [0, 0.05) is 49.2 Å². The molecule has 2 heterocycles. The molecule has 1 unspecified atom stereocenters. The number of amides is 1. The van der Waals surface area contributed by atoms with Crippen LogP contribution in [0.15, 0.2) is 72.4 Å². The second kappa shape index (κ2) is 9.83. The minimum atomic E-state index is -0.514. The molecule has 4 aromatic rings. The number of imidazole rings is 2. The molecule has 4 rings (SSSR count). The Labute approximate surface area is 196 Å². The van der Waals surface area contributed by atoms with E-state index in [1.807, 2.05) is 65.2 Å². The van der Waals surface area contributed by atoms with Gasteiger partial charge in [0.2, 0.25) is 0 Å². The summed E-state index contributed by atoms with van der Waals surface area (Å²) < 4.78 is 14.7. The Morgan fingerprint density at radius 1 is 1.03 bits per heavy atom. The molecule has 2 aromatic heterocycles. The van der Waals surface area contributed by atoms with Gasteiger partial charge in [0.15, 0.2) is 5.16 Å². The number of thioether (sulfide) groups is 1. The molecular weight excluding hydrogens is 438 g/mol. The predicted octanol–water partition coefficient (Wildman–Crippen LogP) is 3.86. The highest BCUT2D eigenvalue weighted by atomic mass is 32.2. The van der Waals surface area contributed by atoms with E-state index >= 15 is 0 Å². The lowest BCUT2D eigenvalue weighted by Crippen LogP contribution is -2.31. The highest BCUT2D eigenvalue weighted by Gasteiger charge is 2.23. The number of methoxy groups -OCH3 is 2. The van der Waals surface area contributed by atoms with Crippen molar-refractivity contribution in [3.63, 3.8) is 0 Å². The predicted molar refractivity (Wildman–Crippen MR) is 127 cm³/mol. The second-order valence-corrected chi connectivity index (χ2v) is 8.06. The van der Waals surface area contributed by atoms with Crippen molar-refractivity contribution in [1.82, 2.24) is 24.4 Å². The van der Waals surface area contributed by atoms with Crippen LogP contribution in [0.25, 0.3) is 5.69 Å². The van der Waals surface area contributed by atoms with Gasteiger partial charge in [-0.3, -0.25) is 9.36 Å². The zero-order valence-corrected chi connectivity index (χ0v) is 19.7. The minimum Gasteiger partial charge on any atom is -0.497 e. The van der Waals surface area contributed by atoms with Gasteiger partial charge >= 0.3 is 0 Å². The number of rotatable bonds is 8. The van der Waals surface area contributed by atoms with Gasteiger partial charge < -0.3 is 19.4 Å². The molecule has 2 aromatic carbocycles. The van der Waals surface area contributed by atoms with Crippen molar-refractivity contribution >= 4 is 17.7 Å². The van der Waals surface area contributed by atoms with E-state index in [0.717, 1.165) is 16.4 Å². The van der Waals surface area contributed by atoms with Gasteiger partial charge in [-0.1, -0.05) is 17.8 Å². The average molecular weight is 464 g/mol. The lowest BCUT2D eigenvalue weighted by atomic mass is 10.0. The Kier molecular flexibility index (Phi) is 6.69. The molecule has 0 fully saturated rings. The van der Waals surface area contributed by atoms with E-state index in [9.17, 15) is 4.79 Å². The third-order valence-corrected chi connectivity index (χ3v) is 5.94. The van der Waals surface area contributed by atoms with Gasteiger partial charge in [-0.05, 0) is 42.2 Å². The molecule has 0 spiro atoms. The zero-order valence-electron chi connectivity index (χ0n) is 18.9. The molecule has 9 heteroatoms. The summed E-state index contributed by atoms with van der Waals surface area (Å²) in [5.41, 5.74) is 2.19. The van der Waals surface area contributed by atoms with Crippen LogP contribution in [0.4, 0.5) is 0 Å². The molecule has 170 valence electrons. The normalized spacial score (nSPS) is 11.8. The van der Waals surface area contributed by atoms with E-state index in [0.29, 0.717) is 22.9 Å². The number of aromatic nitrogens is 4. The number of nitrogens with one attached hydrogen (secondary N) is 1. The second-order valence-electron chi connectivity index (χ2n) is 7.28. The Hall–Kier alpha value is -3.72. The molecule has 0 aliphatic heterocycles. The topological polar surface area (TPSA) is 83.2 Å². The van der Waals surface area contributed by atoms with E-state index < -0.39 is 6.04 Å². The molecule has 1 amide bonds. The van der Waals surface area contributed by atoms with E-state index in [4.69, 9.17) is 9.47 Å². The first-order chi connectivity index (χ1) is 16.0. The van der Waals surface area contributed by atoms with Crippen molar-refractivity contribution in [3.05, 3.63) is 84.2 Å². The van der Waals surface area contributed by atoms with Gasteiger partial charge in [0.05, 0.1) is 14.2 Å². The number of carbonyl (C=O) groups is 1. The molecule has 0 bridgehead atoms. The molecule has 1 N–H and O–H groups in total. The lowest BCUT2D eigenvalue weighted by Gasteiger charge is -2.21. The van der Waals surface area contributed by atoms with Gasteiger partial charge in [-0.25, -0.2) is 9.97 Å². The monoisotopic (exact) mass is 463 g/mol. The Bertz CT molecular complexity index is 1240. The summed E-state index contributed by atoms with van der Waals surface area (Å²) in [7, 11) is 5.08. The molecule has 33 heavy (non-hydrogen) atoms. The number of benzene rings is 2. The number of ether oxygens (including phenoxy) is 2. The van der Waals surface area contributed by atoms with E-state index in [1.165, 1.54) is 0 Å². The van der Waals surface area contributed by atoms with Crippen LogP contribution in [-0.4, -0.2) is 45.5 Å². The minimum absolute atomic E-state index is 0.225. The van der Waals surface area contributed by atoms with Crippen molar-refractivity contribution in [1.29, 1.82) is 0 Å². The van der Waals surface area contributed by atoms with Gasteiger partial charge in [-0.2, -0.15) is 0 Å². The fourth-order valence-corrected chi connectivity index (χ4v) is 4.13. The van der Waals surface area contributed by atoms with Gasteiger partial charge in [0.1, 0.15) is 23.4 Å². The highest BCUT2D eigenvalue weighted by molar-refractivity contribution is 7.98. The summed E-state index contributed by atoms with van der Waals surface area (Å²) in [4.78, 5) is 22.2. The smallest absolute Gasteiger partial charge is 0.252 e. The van der Waals surface area contributed by atoms with Crippen LogP contribution in [0.1, 0.15) is 27.8 Å². The maximum Gasteiger partial charge on any atom is 0.252 e. The maximum absolute atomic E-state index is 13.4. The summed E-state index contributed by atoms with van der Waals surface area (Å²) in [5, 5.41) is 3.98. The number of carbonyl (C=O) groups excluding carboxylic acids is 1. The summed E-state index contributed by atoms with van der Waals surface area (Å²) >= 11 is 1.54. The molecule has 8 nitrogen and oxygen atoms in total. The number of hydrogen-bond donors (Lipinski definition) is 1. The maximum atomic E-state index is 13.4. The van der Waals surface area contributed by atoms with Gasteiger partial charge in [0.25, 0.3) is 5.91 Å². The third kappa shape index (κ3) is 4.73. The van der Waals surface area contributed by atoms with Crippen LogP contribution in [0, 0.1) is 0 Å². The SMILES string of the molecule is COc1cc(OC)cc(C(NC(=O)c2cccc(-n3ccnc3SC)c2)c2nccn2C)c1. The zero-order chi connectivity index (χ0) is 23.4. The van der Waals surface area contributed by atoms with Crippen LogP contribution in [0.3, 0.4) is 0 Å². The van der Waals surface area contributed by atoms with Crippen LogP contribution in [-0.2, 0) is 7.05 Å². The van der Waals surface area contributed by atoms with Crippen molar-refractivity contribution in [2.75, 3.05) is 20.5 Å². The summed E-state index contributed by atoms with van der Waals surface area (Å²) in [5.74, 6) is 1.72. The summed E-state index contributed by atoms with van der Waals surface area (Å²) in [6.07, 6.45) is 9.13. The first-order valence-corrected chi connectivity index (χ1v) is 11.5. The Balaban J connectivity index is 1.70. The van der Waals surface area contributed by atoms with E-state index in [-0.39, 0.29) is 5.91 Å². The first kappa shape index (κ1) is 22.5. The lowest BCUT2D eigenvalue weighted by molar-refractivity contribution is 0.0941. The van der Waals surface area contributed by atoms with Crippen LogP contribution in [0.2, 0.25) is 0 Å². The Morgan fingerprint density at radius 2 is 1.76 bits per heavy atom. The number of aryl methyl sites for hydroxylation is 1. The van der Waals surface area contributed by atoms with E-state index in [1.54, 1.807) is 50.5 Å². The van der Waals surface area contributed by atoms with Crippen molar-refractivity contribution in [2.45, 2.75) is 11.2 Å². The third-order valence-electron chi connectivity index (χ3n) is 5.28. The van der Waals surface area contributed by atoms with Crippen molar-refractivity contribution < 1.29 is 14.3 Å². The summed E-state index contributed by atoms with van der Waals surface area (Å²) in [6, 6.07) is 12.5. The molecule has 0 aliphatic carbocycles. The summed E-state index contributed by atoms with van der Waals surface area (Å²) in [6.45, 7) is 0. The van der Waals surface area contributed by atoms with E-state index in [2.05, 4.69) is 15.3 Å². The molecule has 0 radical (unpaired) electrons. The standard InChI is InChI=1S/C24H25N5O3S/c1-28-10-8-25-22(28)21(17-13-19(31-2)15-20(14-17)32-3)27-23(30)16-6-5-7-18(12-16)29-11-9-26-24(29)33-4/h5-15,21H,1-4H3,(H,27,30). The molecule has 0 saturated heterocycles. The highest BCUT2D eigenvalue weighted by Crippen LogP contribution is 2.30. The van der Waals surface area contributed by atoms with Crippen molar-refractivity contribution in [2.24, 2.45) is 7.05 Å². The molecule has 1 atom stereocenters. The van der Waals surface area contributed by atoms with Crippen LogP contribution in [0.5, 0.6) is 11.5 Å². The first-order valence-electron chi connectivity index (χ1n) is 10.2. The largest absolute Gasteiger partial charge is 0.497 e. The molecular formula is C24H25N5O3S.